The van der Waals surface area contributed by atoms with E-state index in [1.165, 1.54) is 5.01 Å². The van der Waals surface area contributed by atoms with E-state index in [0.717, 1.165) is 51.1 Å². The number of hydrogen-bond donors (Lipinski definition) is 0. The Balaban J connectivity index is 1.39. The standard InChI is InChI=1S/C18H26N4O2/c1-20-10-12-21(13-11-20)9-5-8-17-15-22(18(23)24-17)19-14-16-6-3-2-4-7-16/h2-4,6-7,14,17H,5,8-13,15H2,1H3. The van der Waals surface area contributed by atoms with Gasteiger partial charge in [0.15, 0.2) is 0 Å². The van der Waals surface area contributed by atoms with Gasteiger partial charge in [-0.25, -0.2) is 4.79 Å². The quantitative estimate of drug-likeness (QED) is 0.747. The van der Waals surface area contributed by atoms with Crippen molar-refractivity contribution in [2.24, 2.45) is 5.10 Å². The number of cyclic esters (lactones) is 1. The first-order valence-corrected chi connectivity index (χ1v) is 8.69. The lowest BCUT2D eigenvalue weighted by atomic mass is 10.2. The average molecular weight is 330 g/mol. The molecule has 1 aromatic carbocycles. The molecule has 2 saturated heterocycles. The maximum atomic E-state index is 11.9. The van der Waals surface area contributed by atoms with Crippen LogP contribution in [0.2, 0.25) is 0 Å². The number of rotatable bonds is 6. The minimum absolute atomic E-state index is 0.0436. The van der Waals surface area contributed by atoms with Gasteiger partial charge < -0.3 is 14.5 Å². The van der Waals surface area contributed by atoms with Crippen LogP contribution in [0.25, 0.3) is 0 Å². The lowest BCUT2D eigenvalue weighted by Gasteiger charge is -2.32. The van der Waals surface area contributed by atoms with Crippen molar-refractivity contribution in [3.63, 3.8) is 0 Å². The number of benzene rings is 1. The maximum absolute atomic E-state index is 11.9. The van der Waals surface area contributed by atoms with Crippen molar-refractivity contribution in [1.29, 1.82) is 0 Å². The molecule has 0 bridgehead atoms. The topological polar surface area (TPSA) is 48.4 Å². The Kier molecular flexibility index (Phi) is 5.82. The van der Waals surface area contributed by atoms with E-state index in [1.807, 2.05) is 30.3 Å². The van der Waals surface area contributed by atoms with Crippen LogP contribution in [0.5, 0.6) is 0 Å². The summed E-state index contributed by atoms with van der Waals surface area (Å²) in [6.07, 6.45) is 3.27. The molecule has 1 amide bonds. The monoisotopic (exact) mass is 330 g/mol. The van der Waals surface area contributed by atoms with Gasteiger partial charge >= 0.3 is 6.09 Å². The summed E-state index contributed by atoms with van der Waals surface area (Å²) in [4.78, 5) is 16.7. The van der Waals surface area contributed by atoms with Crippen molar-refractivity contribution in [3.8, 4) is 0 Å². The highest BCUT2D eigenvalue weighted by molar-refractivity contribution is 5.81. The van der Waals surface area contributed by atoms with Gasteiger partial charge in [-0.05, 0) is 32.0 Å². The second-order valence-corrected chi connectivity index (χ2v) is 6.53. The molecular weight excluding hydrogens is 304 g/mol. The molecule has 2 aliphatic rings. The highest BCUT2D eigenvalue weighted by atomic mass is 16.6. The first-order valence-electron chi connectivity index (χ1n) is 8.69. The zero-order chi connectivity index (χ0) is 16.8. The molecule has 1 unspecified atom stereocenters. The first-order chi connectivity index (χ1) is 11.7. The van der Waals surface area contributed by atoms with Crippen LogP contribution in [0.4, 0.5) is 4.79 Å². The molecule has 2 fully saturated rings. The molecule has 6 heteroatoms. The van der Waals surface area contributed by atoms with E-state index in [-0.39, 0.29) is 12.2 Å². The van der Waals surface area contributed by atoms with Gasteiger partial charge in [0.05, 0.1) is 12.8 Å². The van der Waals surface area contributed by atoms with Crippen molar-refractivity contribution in [2.75, 3.05) is 46.3 Å². The SMILES string of the molecule is CN1CCN(CCCC2CN(N=Cc3ccccc3)C(=O)O2)CC1. The van der Waals surface area contributed by atoms with Crippen molar-refractivity contribution in [3.05, 3.63) is 35.9 Å². The Hall–Kier alpha value is -1.92. The van der Waals surface area contributed by atoms with Crippen molar-refractivity contribution < 1.29 is 9.53 Å². The third kappa shape index (κ3) is 4.79. The number of ether oxygens (including phenoxy) is 1. The molecule has 24 heavy (non-hydrogen) atoms. The highest BCUT2D eigenvalue weighted by Gasteiger charge is 2.30. The Morgan fingerprint density at radius 2 is 1.96 bits per heavy atom. The zero-order valence-electron chi connectivity index (χ0n) is 14.3. The Bertz CT molecular complexity index is 555. The molecule has 0 radical (unpaired) electrons. The molecule has 6 nitrogen and oxygen atoms in total. The summed E-state index contributed by atoms with van der Waals surface area (Å²) < 4.78 is 5.42. The second-order valence-electron chi connectivity index (χ2n) is 6.53. The molecule has 3 rings (SSSR count). The molecule has 0 saturated carbocycles. The van der Waals surface area contributed by atoms with E-state index in [4.69, 9.17) is 4.74 Å². The van der Waals surface area contributed by atoms with Gasteiger partial charge in [0.25, 0.3) is 0 Å². The fourth-order valence-electron chi connectivity index (χ4n) is 3.04. The van der Waals surface area contributed by atoms with Gasteiger partial charge in [-0.1, -0.05) is 30.3 Å². The Morgan fingerprint density at radius 3 is 2.71 bits per heavy atom. The summed E-state index contributed by atoms with van der Waals surface area (Å²) in [6.45, 7) is 6.17. The number of piperazine rings is 1. The molecule has 1 atom stereocenters. The molecule has 0 aromatic heterocycles. The fourth-order valence-corrected chi connectivity index (χ4v) is 3.04. The second kappa shape index (κ2) is 8.26. The van der Waals surface area contributed by atoms with Crippen molar-refractivity contribution in [2.45, 2.75) is 18.9 Å². The number of likely N-dealkylation sites (N-methyl/N-ethyl adjacent to an activating group) is 1. The van der Waals surface area contributed by atoms with Gasteiger partial charge in [0.1, 0.15) is 6.10 Å². The fraction of sp³-hybridized carbons (Fsp3) is 0.556. The summed E-state index contributed by atoms with van der Waals surface area (Å²) in [7, 11) is 2.17. The number of amides is 1. The third-order valence-corrected chi connectivity index (χ3v) is 4.60. The zero-order valence-corrected chi connectivity index (χ0v) is 14.3. The van der Waals surface area contributed by atoms with Gasteiger partial charge in [0, 0.05) is 26.2 Å². The molecule has 0 spiro atoms. The van der Waals surface area contributed by atoms with E-state index in [9.17, 15) is 4.79 Å². The smallest absolute Gasteiger partial charge is 0.430 e. The predicted octanol–water partition coefficient (Wildman–Crippen LogP) is 1.87. The summed E-state index contributed by atoms with van der Waals surface area (Å²) >= 11 is 0. The number of carbonyl (C=O) groups is 1. The van der Waals surface area contributed by atoms with E-state index in [1.54, 1.807) is 6.21 Å². The minimum Gasteiger partial charge on any atom is -0.443 e. The summed E-state index contributed by atoms with van der Waals surface area (Å²) in [5.74, 6) is 0. The van der Waals surface area contributed by atoms with Crippen LogP contribution in [0.3, 0.4) is 0 Å². The molecule has 130 valence electrons. The van der Waals surface area contributed by atoms with Crippen molar-refractivity contribution >= 4 is 12.3 Å². The van der Waals surface area contributed by atoms with Crippen LogP contribution in [-0.4, -0.2) is 79.5 Å². The minimum atomic E-state index is -0.341. The third-order valence-electron chi connectivity index (χ3n) is 4.60. The molecule has 1 aromatic rings. The van der Waals surface area contributed by atoms with E-state index in [2.05, 4.69) is 21.9 Å². The van der Waals surface area contributed by atoms with Gasteiger partial charge in [-0.2, -0.15) is 10.1 Å². The van der Waals surface area contributed by atoms with Gasteiger partial charge in [-0.15, -0.1) is 0 Å². The van der Waals surface area contributed by atoms with Gasteiger partial charge in [-0.3, -0.25) is 0 Å². The molecular formula is C18H26N4O2. The van der Waals surface area contributed by atoms with E-state index in [0.29, 0.717) is 6.54 Å². The Labute approximate surface area is 143 Å². The number of carbonyl (C=O) groups excluding carboxylic acids is 1. The molecule has 0 N–H and O–H groups in total. The predicted molar refractivity (Wildman–Crippen MR) is 94.2 cm³/mol. The van der Waals surface area contributed by atoms with Crippen LogP contribution < -0.4 is 0 Å². The first kappa shape index (κ1) is 16.9. The highest BCUT2D eigenvalue weighted by Crippen LogP contribution is 2.16. The van der Waals surface area contributed by atoms with Gasteiger partial charge in [0.2, 0.25) is 0 Å². The average Bonchev–Trinajstić information content (AvgIpc) is 2.95. The van der Waals surface area contributed by atoms with Crippen LogP contribution in [0.1, 0.15) is 18.4 Å². The number of hydrogen-bond acceptors (Lipinski definition) is 5. The largest absolute Gasteiger partial charge is 0.443 e. The Morgan fingerprint density at radius 1 is 1.21 bits per heavy atom. The number of hydrazone groups is 1. The van der Waals surface area contributed by atoms with Crippen LogP contribution in [0, 0.1) is 0 Å². The summed E-state index contributed by atoms with van der Waals surface area (Å²) in [5.41, 5.74) is 0.976. The van der Waals surface area contributed by atoms with Crippen LogP contribution in [-0.2, 0) is 4.74 Å². The number of nitrogens with zero attached hydrogens (tertiary/aromatic N) is 4. The van der Waals surface area contributed by atoms with E-state index < -0.39 is 0 Å². The molecule has 2 heterocycles. The van der Waals surface area contributed by atoms with E-state index >= 15 is 0 Å². The molecule has 2 aliphatic heterocycles. The van der Waals surface area contributed by atoms with Crippen molar-refractivity contribution in [1.82, 2.24) is 14.8 Å². The lowest BCUT2D eigenvalue weighted by Crippen LogP contribution is -2.44. The maximum Gasteiger partial charge on any atom is 0.430 e. The molecule has 0 aliphatic carbocycles. The normalized spacial score (nSPS) is 23.1. The summed E-state index contributed by atoms with van der Waals surface area (Å²) in [5, 5.41) is 5.67. The van der Waals surface area contributed by atoms with Crippen LogP contribution >= 0.6 is 0 Å². The van der Waals surface area contributed by atoms with Crippen LogP contribution in [0.15, 0.2) is 35.4 Å². The lowest BCUT2D eigenvalue weighted by molar-refractivity contribution is 0.119. The summed E-state index contributed by atoms with van der Waals surface area (Å²) in [6, 6.07) is 9.77.